The predicted octanol–water partition coefficient (Wildman–Crippen LogP) is 1.52. The summed E-state index contributed by atoms with van der Waals surface area (Å²) in [5, 5.41) is 19.3. The first-order chi connectivity index (χ1) is 9.08. The molecule has 2 N–H and O–H groups in total. The van der Waals surface area contributed by atoms with Crippen LogP contribution in [0, 0.1) is 0 Å². The maximum Gasteiger partial charge on any atom is 0.128 e. The average molecular weight is 270 g/mol. The predicted molar refractivity (Wildman–Crippen MR) is 71.6 cm³/mol. The normalized spacial score (nSPS) is 13.9. The zero-order valence-electron chi connectivity index (χ0n) is 11.6. The van der Waals surface area contributed by atoms with Crippen LogP contribution in [0.1, 0.15) is 25.5 Å². The van der Waals surface area contributed by atoms with Crippen LogP contribution in [-0.4, -0.2) is 43.2 Å². The van der Waals surface area contributed by atoms with E-state index in [1.807, 2.05) is 6.92 Å². The molecule has 108 valence electrons. The lowest BCUT2D eigenvalue weighted by Crippen LogP contribution is -2.23. The summed E-state index contributed by atoms with van der Waals surface area (Å²) in [5.74, 6) is 1.14. The van der Waals surface area contributed by atoms with E-state index in [4.69, 9.17) is 14.2 Å². The number of methoxy groups -OCH3 is 1. The summed E-state index contributed by atoms with van der Waals surface area (Å²) >= 11 is 0. The van der Waals surface area contributed by atoms with E-state index in [-0.39, 0.29) is 13.2 Å². The molecule has 5 heteroatoms. The molecule has 0 heterocycles. The minimum atomic E-state index is -0.701. The molecule has 0 aliphatic rings. The van der Waals surface area contributed by atoms with Gasteiger partial charge in [0.25, 0.3) is 0 Å². The Labute approximate surface area is 113 Å². The standard InChI is InChI=1S/C14H22O5/c1-4-18-8-11(16)9-19-14-7-12(17-3)5-6-13(14)10(2)15/h5-7,10-11,15-16H,4,8-9H2,1-3H3/t10-,11?/m1/s1. The van der Waals surface area contributed by atoms with E-state index in [0.717, 1.165) is 0 Å². The van der Waals surface area contributed by atoms with Gasteiger partial charge < -0.3 is 24.4 Å². The monoisotopic (exact) mass is 270 g/mol. The van der Waals surface area contributed by atoms with Crippen LogP contribution >= 0.6 is 0 Å². The van der Waals surface area contributed by atoms with Crippen molar-refractivity contribution < 1.29 is 24.4 Å². The van der Waals surface area contributed by atoms with Gasteiger partial charge in [0.05, 0.1) is 19.8 Å². The van der Waals surface area contributed by atoms with Gasteiger partial charge in [-0.1, -0.05) is 0 Å². The van der Waals surface area contributed by atoms with Crippen LogP contribution in [0.3, 0.4) is 0 Å². The van der Waals surface area contributed by atoms with E-state index in [0.29, 0.717) is 23.7 Å². The molecule has 0 saturated heterocycles. The van der Waals surface area contributed by atoms with Gasteiger partial charge in [0, 0.05) is 18.2 Å². The number of hydrogen-bond donors (Lipinski definition) is 2. The molecule has 0 spiro atoms. The number of rotatable bonds is 8. The van der Waals surface area contributed by atoms with E-state index in [1.165, 1.54) is 0 Å². The van der Waals surface area contributed by atoms with E-state index < -0.39 is 12.2 Å². The van der Waals surface area contributed by atoms with Gasteiger partial charge in [0.15, 0.2) is 0 Å². The number of hydrogen-bond acceptors (Lipinski definition) is 5. The summed E-state index contributed by atoms with van der Waals surface area (Å²) in [6, 6.07) is 5.19. The van der Waals surface area contributed by atoms with Gasteiger partial charge in [-0.15, -0.1) is 0 Å². The van der Waals surface area contributed by atoms with Gasteiger partial charge in [-0.2, -0.15) is 0 Å². The highest BCUT2D eigenvalue weighted by atomic mass is 16.5. The van der Waals surface area contributed by atoms with Crippen molar-refractivity contribution in [3.05, 3.63) is 23.8 Å². The first-order valence-corrected chi connectivity index (χ1v) is 6.33. The molecule has 5 nitrogen and oxygen atoms in total. The topological polar surface area (TPSA) is 68.2 Å². The smallest absolute Gasteiger partial charge is 0.128 e. The van der Waals surface area contributed by atoms with Crippen molar-refractivity contribution in [3.8, 4) is 11.5 Å². The molecule has 0 aliphatic carbocycles. The molecule has 0 fully saturated rings. The number of benzene rings is 1. The average Bonchev–Trinajstić information content (AvgIpc) is 2.42. The van der Waals surface area contributed by atoms with Crippen LogP contribution in [0.25, 0.3) is 0 Å². The Kier molecular flexibility index (Phi) is 6.62. The van der Waals surface area contributed by atoms with E-state index in [2.05, 4.69) is 0 Å². The zero-order chi connectivity index (χ0) is 14.3. The highest BCUT2D eigenvalue weighted by Gasteiger charge is 2.12. The Hall–Kier alpha value is -1.30. The summed E-state index contributed by atoms with van der Waals surface area (Å²) in [5.41, 5.74) is 0.657. The van der Waals surface area contributed by atoms with Crippen molar-refractivity contribution >= 4 is 0 Å². The van der Waals surface area contributed by atoms with Gasteiger partial charge in [-0.3, -0.25) is 0 Å². The van der Waals surface area contributed by atoms with Crippen molar-refractivity contribution in [2.75, 3.05) is 26.9 Å². The molecule has 1 rings (SSSR count). The second-order valence-electron chi connectivity index (χ2n) is 4.20. The van der Waals surface area contributed by atoms with Gasteiger partial charge >= 0.3 is 0 Å². The van der Waals surface area contributed by atoms with Crippen LogP contribution in [-0.2, 0) is 4.74 Å². The van der Waals surface area contributed by atoms with E-state index in [9.17, 15) is 10.2 Å². The highest BCUT2D eigenvalue weighted by molar-refractivity contribution is 5.41. The molecule has 0 amide bonds. The fraction of sp³-hybridized carbons (Fsp3) is 0.571. The summed E-state index contributed by atoms with van der Waals surface area (Å²) < 4.78 is 15.7. The Balaban J connectivity index is 2.69. The molecule has 2 atom stereocenters. The second kappa shape index (κ2) is 7.99. The van der Waals surface area contributed by atoms with Crippen LogP contribution in [0.2, 0.25) is 0 Å². The lowest BCUT2D eigenvalue weighted by molar-refractivity contribution is 0.0157. The van der Waals surface area contributed by atoms with Gasteiger partial charge in [0.2, 0.25) is 0 Å². The molecular formula is C14H22O5. The van der Waals surface area contributed by atoms with Crippen molar-refractivity contribution in [1.82, 2.24) is 0 Å². The Bertz CT molecular complexity index is 378. The van der Waals surface area contributed by atoms with Crippen LogP contribution in [0.15, 0.2) is 18.2 Å². The first-order valence-electron chi connectivity index (χ1n) is 6.33. The molecule has 1 aromatic carbocycles. The zero-order valence-corrected chi connectivity index (χ0v) is 11.6. The molecular weight excluding hydrogens is 248 g/mol. The molecule has 1 aromatic rings. The Morgan fingerprint density at radius 3 is 2.53 bits per heavy atom. The second-order valence-corrected chi connectivity index (χ2v) is 4.20. The summed E-state index contributed by atoms with van der Waals surface area (Å²) in [4.78, 5) is 0. The maximum absolute atomic E-state index is 9.67. The quantitative estimate of drug-likeness (QED) is 0.749. The van der Waals surface area contributed by atoms with Crippen molar-refractivity contribution in [2.24, 2.45) is 0 Å². The van der Waals surface area contributed by atoms with Crippen LogP contribution in [0.5, 0.6) is 11.5 Å². The molecule has 19 heavy (non-hydrogen) atoms. The number of aliphatic hydroxyl groups excluding tert-OH is 2. The van der Waals surface area contributed by atoms with Crippen LogP contribution < -0.4 is 9.47 Å². The maximum atomic E-state index is 9.67. The van der Waals surface area contributed by atoms with Gasteiger partial charge in [0.1, 0.15) is 24.2 Å². The highest BCUT2D eigenvalue weighted by Crippen LogP contribution is 2.29. The Morgan fingerprint density at radius 1 is 1.21 bits per heavy atom. The molecule has 0 saturated carbocycles. The number of aliphatic hydroxyl groups is 2. The van der Waals surface area contributed by atoms with Crippen molar-refractivity contribution in [1.29, 1.82) is 0 Å². The first kappa shape index (κ1) is 15.8. The third-order valence-corrected chi connectivity index (χ3v) is 2.62. The fourth-order valence-electron chi connectivity index (χ4n) is 1.60. The molecule has 0 bridgehead atoms. The molecule has 0 radical (unpaired) electrons. The lowest BCUT2D eigenvalue weighted by atomic mass is 10.1. The van der Waals surface area contributed by atoms with Crippen molar-refractivity contribution in [3.63, 3.8) is 0 Å². The van der Waals surface area contributed by atoms with Gasteiger partial charge in [-0.25, -0.2) is 0 Å². The Morgan fingerprint density at radius 2 is 1.95 bits per heavy atom. The molecule has 1 unspecified atom stereocenters. The third kappa shape index (κ3) is 5.06. The minimum Gasteiger partial charge on any atom is -0.497 e. The molecule has 0 aromatic heterocycles. The minimum absolute atomic E-state index is 0.104. The number of ether oxygens (including phenoxy) is 3. The van der Waals surface area contributed by atoms with E-state index in [1.54, 1.807) is 32.2 Å². The van der Waals surface area contributed by atoms with Gasteiger partial charge in [-0.05, 0) is 26.0 Å². The van der Waals surface area contributed by atoms with E-state index >= 15 is 0 Å². The van der Waals surface area contributed by atoms with Crippen LogP contribution in [0.4, 0.5) is 0 Å². The fourth-order valence-corrected chi connectivity index (χ4v) is 1.60. The summed E-state index contributed by atoms with van der Waals surface area (Å²) in [7, 11) is 1.56. The third-order valence-electron chi connectivity index (χ3n) is 2.62. The summed E-state index contributed by atoms with van der Waals surface area (Å²) in [6.07, 6.45) is -1.35. The van der Waals surface area contributed by atoms with Crippen molar-refractivity contribution in [2.45, 2.75) is 26.1 Å². The lowest BCUT2D eigenvalue weighted by Gasteiger charge is -2.17. The summed E-state index contributed by atoms with van der Waals surface area (Å²) in [6.45, 7) is 4.40. The SMILES string of the molecule is CCOCC(O)COc1cc(OC)ccc1[C@@H](C)O. The largest absolute Gasteiger partial charge is 0.497 e. The molecule has 0 aliphatic heterocycles.